The molecule has 0 heterocycles. The number of carbonyl (C=O) groups is 2. The number of nitrogens with one attached hydrogen (secondary N) is 3. The minimum atomic E-state index is -0.176. The predicted octanol–water partition coefficient (Wildman–Crippen LogP) is 4.08. The minimum absolute atomic E-state index is 0.103. The zero-order valence-corrected chi connectivity index (χ0v) is 18.7. The highest BCUT2D eigenvalue weighted by molar-refractivity contribution is 5.95. The number of hydrogen-bond donors (Lipinski definition) is 3. The molecule has 0 fully saturated rings. The van der Waals surface area contributed by atoms with Crippen LogP contribution in [-0.4, -0.2) is 38.2 Å². The first-order valence-electron chi connectivity index (χ1n) is 10.9. The van der Waals surface area contributed by atoms with Gasteiger partial charge in [0.1, 0.15) is 12.4 Å². The maximum absolute atomic E-state index is 12.3. The molecule has 7 nitrogen and oxygen atoms in total. The molecule has 0 radical (unpaired) electrons. The first-order valence-corrected chi connectivity index (χ1v) is 10.9. The monoisotopic (exact) mass is 447 g/mol. The van der Waals surface area contributed by atoms with Crippen LogP contribution in [0.5, 0.6) is 5.75 Å². The topological polar surface area (TPSA) is 88.7 Å². The van der Waals surface area contributed by atoms with Gasteiger partial charge in [-0.25, -0.2) is 0 Å². The van der Waals surface area contributed by atoms with Crippen molar-refractivity contribution in [3.8, 4) is 5.75 Å². The van der Waals surface area contributed by atoms with Crippen LogP contribution in [0.25, 0.3) is 0 Å². The van der Waals surface area contributed by atoms with Crippen LogP contribution in [0.4, 0.5) is 11.4 Å². The summed E-state index contributed by atoms with van der Waals surface area (Å²) >= 11 is 0. The van der Waals surface area contributed by atoms with Gasteiger partial charge in [-0.05, 0) is 61.0 Å². The molecule has 3 N–H and O–H groups in total. The second-order valence-corrected chi connectivity index (χ2v) is 7.22. The van der Waals surface area contributed by atoms with Crippen molar-refractivity contribution in [1.82, 2.24) is 5.32 Å². The summed E-state index contributed by atoms with van der Waals surface area (Å²) in [6, 6.07) is 23.9. The quantitative estimate of drug-likeness (QED) is 0.364. The molecule has 0 aliphatic rings. The number of rotatable bonds is 12. The molecule has 2 amide bonds. The summed E-state index contributed by atoms with van der Waals surface area (Å²) in [6.07, 6.45) is 0. The Morgan fingerprint density at radius 2 is 1.52 bits per heavy atom. The largest absolute Gasteiger partial charge is 0.491 e. The zero-order chi connectivity index (χ0) is 23.3. The molecular formula is C26H29N3O4. The summed E-state index contributed by atoms with van der Waals surface area (Å²) in [5.74, 6) is 0.400. The van der Waals surface area contributed by atoms with Gasteiger partial charge in [0.15, 0.2) is 0 Å². The van der Waals surface area contributed by atoms with Crippen molar-refractivity contribution in [2.75, 3.05) is 37.0 Å². The van der Waals surface area contributed by atoms with Crippen molar-refractivity contribution < 1.29 is 19.1 Å². The van der Waals surface area contributed by atoms with Crippen molar-refractivity contribution in [1.29, 1.82) is 0 Å². The van der Waals surface area contributed by atoms with Gasteiger partial charge >= 0.3 is 0 Å². The molecule has 0 aliphatic heterocycles. The Balaban J connectivity index is 1.39. The van der Waals surface area contributed by atoms with E-state index in [9.17, 15) is 9.59 Å². The minimum Gasteiger partial charge on any atom is -0.491 e. The van der Waals surface area contributed by atoms with Crippen LogP contribution in [0, 0.1) is 0 Å². The summed E-state index contributed by atoms with van der Waals surface area (Å²) in [7, 11) is 0. The molecule has 0 saturated heterocycles. The molecular weight excluding hydrogens is 418 g/mol. The van der Waals surface area contributed by atoms with E-state index in [1.54, 1.807) is 48.5 Å². The summed E-state index contributed by atoms with van der Waals surface area (Å²) in [5, 5.41) is 8.78. The highest BCUT2D eigenvalue weighted by Crippen LogP contribution is 2.16. The second kappa shape index (κ2) is 12.9. The van der Waals surface area contributed by atoms with Crippen molar-refractivity contribution in [3.63, 3.8) is 0 Å². The number of carbonyl (C=O) groups excluding carboxylic acids is 2. The van der Waals surface area contributed by atoms with Gasteiger partial charge in [0.25, 0.3) is 5.91 Å². The Morgan fingerprint density at radius 3 is 2.21 bits per heavy atom. The molecule has 0 unspecified atom stereocenters. The van der Waals surface area contributed by atoms with Gasteiger partial charge in [-0.1, -0.05) is 30.3 Å². The SMILES string of the molecule is CCOCCOc1ccc(NC(=O)CNc2ccc(C(=O)NCc3ccccc3)cc2)cc1. The van der Waals surface area contributed by atoms with E-state index in [0.717, 1.165) is 17.0 Å². The molecule has 0 atom stereocenters. The van der Waals surface area contributed by atoms with Crippen LogP contribution >= 0.6 is 0 Å². The van der Waals surface area contributed by atoms with Crippen molar-refractivity contribution in [2.45, 2.75) is 13.5 Å². The van der Waals surface area contributed by atoms with E-state index in [1.807, 2.05) is 37.3 Å². The summed E-state index contributed by atoms with van der Waals surface area (Å²) in [6.45, 7) is 4.20. The van der Waals surface area contributed by atoms with Gasteiger partial charge in [0.2, 0.25) is 5.91 Å². The third-order valence-corrected chi connectivity index (χ3v) is 4.73. The lowest BCUT2D eigenvalue weighted by atomic mass is 10.1. The molecule has 0 aromatic heterocycles. The smallest absolute Gasteiger partial charge is 0.251 e. The van der Waals surface area contributed by atoms with E-state index in [1.165, 1.54) is 0 Å². The van der Waals surface area contributed by atoms with Crippen molar-refractivity contribution in [2.24, 2.45) is 0 Å². The number of hydrogen-bond acceptors (Lipinski definition) is 5. The van der Waals surface area contributed by atoms with Crippen molar-refractivity contribution in [3.05, 3.63) is 90.0 Å². The van der Waals surface area contributed by atoms with Gasteiger partial charge in [-0.15, -0.1) is 0 Å². The normalized spacial score (nSPS) is 10.3. The first-order chi connectivity index (χ1) is 16.1. The lowest BCUT2D eigenvalue weighted by Crippen LogP contribution is -2.23. The van der Waals surface area contributed by atoms with E-state index in [0.29, 0.717) is 37.6 Å². The molecule has 0 aliphatic carbocycles. The molecule has 0 bridgehead atoms. The maximum Gasteiger partial charge on any atom is 0.251 e. The Hall–Kier alpha value is -3.84. The summed E-state index contributed by atoms with van der Waals surface area (Å²) < 4.78 is 10.8. The molecule has 7 heteroatoms. The fraction of sp³-hybridized carbons (Fsp3) is 0.231. The van der Waals surface area contributed by atoms with Crippen molar-refractivity contribution >= 4 is 23.2 Å². The fourth-order valence-corrected chi connectivity index (χ4v) is 3.00. The summed E-state index contributed by atoms with van der Waals surface area (Å²) in [4.78, 5) is 24.5. The Bertz CT molecular complexity index is 1010. The molecule has 33 heavy (non-hydrogen) atoms. The fourth-order valence-electron chi connectivity index (χ4n) is 3.00. The molecule has 3 aromatic rings. The van der Waals surface area contributed by atoms with E-state index in [2.05, 4.69) is 16.0 Å². The van der Waals surface area contributed by atoms with Gasteiger partial charge in [-0.3, -0.25) is 9.59 Å². The highest BCUT2D eigenvalue weighted by Gasteiger charge is 2.07. The van der Waals surface area contributed by atoms with Crippen LogP contribution in [0.1, 0.15) is 22.8 Å². The number of benzene rings is 3. The van der Waals surface area contributed by atoms with E-state index < -0.39 is 0 Å². The van der Waals surface area contributed by atoms with E-state index in [-0.39, 0.29) is 18.4 Å². The van der Waals surface area contributed by atoms with Crippen LogP contribution in [-0.2, 0) is 16.1 Å². The van der Waals surface area contributed by atoms with E-state index >= 15 is 0 Å². The molecule has 3 aromatic carbocycles. The average Bonchev–Trinajstić information content (AvgIpc) is 2.86. The zero-order valence-electron chi connectivity index (χ0n) is 18.7. The lowest BCUT2D eigenvalue weighted by molar-refractivity contribution is -0.114. The number of ether oxygens (including phenoxy) is 2. The Morgan fingerprint density at radius 1 is 0.818 bits per heavy atom. The van der Waals surface area contributed by atoms with Crippen LogP contribution < -0.4 is 20.7 Å². The molecule has 0 saturated carbocycles. The number of anilines is 2. The average molecular weight is 448 g/mol. The Kier molecular flexibility index (Phi) is 9.29. The first kappa shape index (κ1) is 23.8. The van der Waals surface area contributed by atoms with Gasteiger partial charge in [0.05, 0.1) is 13.2 Å². The predicted molar refractivity (Wildman–Crippen MR) is 130 cm³/mol. The van der Waals surface area contributed by atoms with Crippen LogP contribution in [0.3, 0.4) is 0 Å². The lowest BCUT2D eigenvalue weighted by Gasteiger charge is -2.10. The Labute approximate surface area is 194 Å². The maximum atomic E-state index is 12.3. The standard InChI is InChI=1S/C26H29N3O4/c1-2-32-16-17-33-24-14-12-23(13-15-24)29-25(30)19-27-22-10-8-21(9-11-22)26(31)28-18-20-6-4-3-5-7-20/h3-15,27H,2,16-19H2,1H3,(H,28,31)(H,29,30). The molecule has 3 rings (SSSR count). The third kappa shape index (κ3) is 8.31. The van der Waals surface area contributed by atoms with Gasteiger partial charge in [-0.2, -0.15) is 0 Å². The third-order valence-electron chi connectivity index (χ3n) is 4.73. The molecule has 172 valence electrons. The van der Waals surface area contributed by atoms with E-state index in [4.69, 9.17) is 9.47 Å². The van der Waals surface area contributed by atoms with Gasteiger partial charge < -0.3 is 25.4 Å². The van der Waals surface area contributed by atoms with Gasteiger partial charge in [0, 0.05) is 30.1 Å². The van der Waals surface area contributed by atoms with Crippen LogP contribution in [0.15, 0.2) is 78.9 Å². The second-order valence-electron chi connectivity index (χ2n) is 7.22. The van der Waals surface area contributed by atoms with Crippen LogP contribution in [0.2, 0.25) is 0 Å². The molecule has 0 spiro atoms. The number of amides is 2. The highest BCUT2D eigenvalue weighted by atomic mass is 16.5. The summed E-state index contributed by atoms with van der Waals surface area (Å²) in [5.41, 5.74) is 3.04.